The lowest BCUT2D eigenvalue weighted by Gasteiger charge is -2.35. The van der Waals surface area contributed by atoms with Crippen LogP contribution in [0, 0.1) is 5.92 Å². The molecule has 1 aromatic rings. The van der Waals surface area contributed by atoms with Crippen LogP contribution in [0.1, 0.15) is 89.0 Å². The van der Waals surface area contributed by atoms with Crippen LogP contribution >= 0.6 is 0 Å². The van der Waals surface area contributed by atoms with Crippen LogP contribution in [-0.2, 0) is 18.8 Å². The lowest BCUT2D eigenvalue weighted by Crippen LogP contribution is -2.55. The molecule has 2 aliphatic heterocycles. The van der Waals surface area contributed by atoms with Gasteiger partial charge in [-0.3, -0.25) is 4.79 Å². The molecule has 0 bridgehead atoms. The SMILES string of the molecule is CC(C)[C@H](NC(=O)OC(C)(C)C)C(=O)N1CCC[C@H]1CN(c1ncc(B2OC(C)(C)C(C)(C)O2)cn1)C(C)C. The highest BCUT2D eigenvalue weighted by atomic mass is 16.7. The molecule has 0 unspecified atom stereocenters. The van der Waals surface area contributed by atoms with Crippen molar-refractivity contribution in [2.75, 3.05) is 18.0 Å². The molecule has 2 atom stereocenters. The smallest absolute Gasteiger partial charge is 0.444 e. The van der Waals surface area contributed by atoms with Gasteiger partial charge in [0, 0.05) is 43.0 Å². The predicted molar refractivity (Wildman–Crippen MR) is 153 cm³/mol. The number of nitrogens with one attached hydrogen (secondary N) is 1. The average molecular weight is 546 g/mol. The maximum atomic E-state index is 13.7. The Hall–Kier alpha value is -2.40. The van der Waals surface area contributed by atoms with Crippen molar-refractivity contribution in [3.63, 3.8) is 0 Å². The van der Waals surface area contributed by atoms with E-state index in [0.717, 1.165) is 18.3 Å². The van der Waals surface area contributed by atoms with Gasteiger partial charge in [-0.05, 0) is 81.1 Å². The van der Waals surface area contributed by atoms with E-state index in [1.165, 1.54) is 0 Å². The summed E-state index contributed by atoms with van der Waals surface area (Å²) in [5, 5.41) is 2.81. The van der Waals surface area contributed by atoms with E-state index in [1.54, 1.807) is 33.2 Å². The Kier molecular flexibility index (Phi) is 9.27. The Morgan fingerprint density at radius 1 is 1.13 bits per heavy atom. The van der Waals surface area contributed by atoms with Gasteiger partial charge >= 0.3 is 13.2 Å². The van der Waals surface area contributed by atoms with E-state index in [4.69, 9.17) is 14.0 Å². The van der Waals surface area contributed by atoms with Gasteiger partial charge in [0.2, 0.25) is 11.9 Å². The Morgan fingerprint density at radius 2 is 1.69 bits per heavy atom. The van der Waals surface area contributed by atoms with E-state index in [0.29, 0.717) is 19.0 Å². The fourth-order valence-electron chi connectivity index (χ4n) is 4.77. The number of aromatic nitrogens is 2. The molecule has 1 N–H and O–H groups in total. The van der Waals surface area contributed by atoms with Crippen molar-refractivity contribution in [1.29, 1.82) is 0 Å². The first-order valence-electron chi connectivity index (χ1n) is 14.2. The van der Waals surface area contributed by atoms with Crippen LogP contribution in [0.3, 0.4) is 0 Å². The van der Waals surface area contributed by atoms with Gasteiger partial charge in [0.05, 0.1) is 11.2 Å². The summed E-state index contributed by atoms with van der Waals surface area (Å²) in [6, 6.07) is -0.567. The lowest BCUT2D eigenvalue weighted by molar-refractivity contribution is -0.135. The maximum Gasteiger partial charge on any atom is 0.498 e. The summed E-state index contributed by atoms with van der Waals surface area (Å²) >= 11 is 0. The van der Waals surface area contributed by atoms with E-state index < -0.39 is 36.1 Å². The number of carbonyl (C=O) groups is 2. The van der Waals surface area contributed by atoms with E-state index in [-0.39, 0.29) is 23.9 Å². The molecule has 10 nitrogen and oxygen atoms in total. The summed E-state index contributed by atoms with van der Waals surface area (Å²) in [5.74, 6) is 0.425. The van der Waals surface area contributed by atoms with E-state index in [2.05, 4.69) is 34.0 Å². The summed E-state index contributed by atoms with van der Waals surface area (Å²) < 4.78 is 17.7. The summed E-state index contributed by atoms with van der Waals surface area (Å²) in [4.78, 5) is 39.5. The Balaban J connectivity index is 1.72. The monoisotopic (exact) mass is 545 g/mol. The Labute approximate surface area is 234 Å². The molecule has 0 radical (unpaired) electrons. The molecule has 2 aliphatic rings. The molecule has 11 heteroatoms. The third-order valence-electron chi connectivity index (χ3n) is 7.74. The number of hydrogen-bond donors (Lipinski definition) is 1. The molecule has 3 rings (SSSR count). The van der Waals surface area contributed by atoms with Crippen LogP contribution in [0.25, 0.3) is 0 Å². The first-order valence-corrected chi connectivity index (χ1v) is 14.2. The molecule has 1 aromatic heterocycles. The second-order valence-electron chi connectivity index (χ2n) is 13.3. The second-order valence-corrected chi connectivity index (χ2v) is 13.3. The second kappa shape index (κ2) is 11.6. The number of likely N-dealkylation sites (tertiary alicyclic amines) is 1. The van der Waals surface area contributed by atoms with Crippen molar-refractivity contribution in [3.8, 4) is 0 Å². The molecule has 2 amide bonds. The van der Waals surface area contributed by atoms with Crippen molar-refractivity contribution in [1.82, 2.24) is 20.2 Å². The predicted octanol–water partition coefficient (Wildman–Crippen LogP) is 3.53. The van der Waals surface area contributed by atoms with E-state index in [9.17, 15) is 9.59 Å². The molecule has 2 fully saturated rings. The quantitative estimate of drug-likeness (QED) is 0.495. The molecule has 218 valence electrons. The van der Waals surface area contributed by atoms with E-state index in [1.807, 2.05) is 46.4 Å². The minimum absolute atomic E-state index is 0.0204. The van der Waals surface area contributed by atoms with Gasteiger partial charge in [-0.2, -0.15) is 0 Å². The highest BCUT2D eigenvalue weighted by Gasteiger charge is 2.52. The molecular weight excluding hydrogens is 497 g/mol. The Bertz CT molecular complexity index is 993. The van der Waals surface area contributed by atoms with Gasteiger partial charge in [0.15, 0.2) is 0 Å². The highest BCUT2D eigenvalue weighted by Crippen LogP contribution is 2.36. The number of nitrogens with zero attached hydrogens (tertiary/aromatic N) is 4. The minimum Gasteiger partial charge on any atom is -0.444 e. The number of alkyl carbamates (subject to hydrolysis) is 1. The molecule has 0 aromatic carbocycles. The molecule has 0 saturated carbocycles. The van der Waals surface area contributed by atoms with Gasteiger partial charge in [-0.25, -0.2) is 14.8 Å². The lowest BCUT2D eigenvalue weighted by atomic mass is 9.81. The van der Waals surface area contributed by atoms with Crippen LogP contribution < -0.4 is 15.7 Å². The number of carbonyl (C=O) groups excluding carboxylic acids is 2. The van der Waals surface area contributed by atoms with Gasteiger partial charge < -0.3 is 29.2 Å². The minimum atomic E-state index is -0.664. The number of anilines is 1. The highest BCUT2D eigenvalue weighted by molar-refractivity contribution is 6.61. The van der Waals surface area contributed by atoms with Crippen LogP contribution in [0.15, 0.2) is 12.4 Å². The first kappa shape index (κ1) is 31.1. The number of ether oxygens (including phenoxy) is 1. The zero-order valence-corrected chi connectivity index (χ0v) is 25.7. The number of rotatable bonds is 8. The summed E-state index contributed by atoms with van der Waals surface area (Å²) in [6.07, 6.45) is 4.72. The normalized spacial score (nSPS) is 21.4. The largest absolute Gasteiger partial charge is 0.498 e. The average Bonchev–Trinajstić information content (AvgIpc) is 3.35. The fraction of sp³-hybridized carbons (Fsp3) is 0.786. The van der Waals surface area contributed by atoms with Crippen LogP contribution in [0.2, 0.25) is 0 Å². The zero-order chi connectivity index (χ0) is 29.3. The van der Waals surface area contributed by atoms with Gasteiger partial charge in [0.1, 0.15) is 11.6 Å². The van der Waals surface area contributed by atoms with Gasteiger partial charge in [-0.1, -0.05) is 13.8 Å². The number of hydrogen-bond acceptors (Lipinski definition) is 8. The third kappa shape index (κ3) is 7.42. The molecule has 0 aliphatic carbocycles. The maximum absolute atomic E-state index is 13.7. The third-order valence-corrected chi connectivity index (χ3v) is 7.74. The molecule has 0 spiro atoms. The molecular formula is C28H48BN5O5. The van der Waals surface area contributed by atoms with Gasteiger partial charge in [0.25, 0.3) is 0 Å². The van der Waals surface area contributed by atoms with Crippen LogP contribution in [0.4, 0.5) is 10.7 Å². The van der Waals surface area contributed by atoms with Crippen molar-refractivity contribution in [3.05, 3.63) is 12.4 Å². The topological polar surface area (TPSA) is 106 Å². The van der Waals surface area contributed by atoms with Crippen LogP contribution in [0.5, 0.6) is 0 Å². The Morgan fingerprint density at radius 3 is 2.18 bits per heavy atom. The standard InChI is InChI=1S/C28H48BN5O5/c1-18(2)22(32-25(36)37-26(5,6)7)23(35)33-14-12-13-21(33)17-34(19(3)4)24-30-15-20(16-31-24)29-38-27(8,9)28(10,11)39-29/h15-16,18-19,21-22H,12-14,17H2,1-11H3,(H,32,36)/t21-,22-/m0/s1. The van der Waals surface area contributed by atoms with Gasteiger partial charge in [-0.15, -0.1) is 0 Å². The van der Waals surface area contributed by atoms with E-state index >= 15 is 0 Å². The fourth-order valence-corrected chi connectivity index (χ4v) is 4.77. The molecule has 39 heavy (non-hydrogen) atoms. The van der Waals surface area contributed by atoms with Crippen molar-refractivity contribution < 1.29 is 23.6 Å². The number of amides is 2. The van der Waals surface area contributed by atoms with Crippen molar-refractivity contribution in [2.24, 2.45) is 5.92 Å². The molecule has 2 saturated heterocycles. The molecule has 3 heterocycles. The first-order chi connectivity index (χ1) is 17.9. The summed E-state index contributed by atoms with van der Waals surface area (Å²) in [7, 11) is -0.523. The summed E-state index contributed by atoms with van der Waals surface area (Å²) in [5.41, 5.74) is -0.747. The van der Waals surface area contributed by atoms with Crippen molar-refractivity contribution in [2.45, 2.75) is 124 Å². The zero-order valence-electron chi connectivity index (χ0n) is 25.7. The van der Waals surface area contributed by atoms with Crippen molar-refractivity contribution >= 4 is 30.5 Å². The van der Waals surface area contributed by atoms with Crippen LogP contribution in [-0.4, -0.2) is 82.0 Å². The summed E-state index contributed by atoms with van der Waals surface area (Å²) in [6.45, 7) is 22.8.